The van der Waals surface area contributed by atoms with Crippen molar-refractivity contribution in [3.05, 3.63) is 11.6 Å². The van der Waals surface area contributed by atoms with Crippen LogP contribution in [0.2, 0.25) is 0 Å². The highest BCUT2D eigenvalue weighted by Crippen LogP contribution is 2.38. The standard InChI is InChI=1S/C13H20F3N5O/c1-8(12(22)17-7-13(14,15)16)20(2)6-10-18-19-11(21(10)3)9-4-5-9/h8-9H,4-7H2,1-3H3,(H,17,22)/t8-/m1/s1. The number of nitrogens with one attached hydrogen (secondary N) is 1. The summed E-state index contributed by atoms with van der Waals surface area (Å²) in [6.07, 6.45) is -2.19. The highest BCUT2D eigenvalue weighted by Gasteiger charge is 2.31. The normalized spacial score (nSPS) is 16.9. The highest BCUT2D eigenvalue weighted by molar-refractivity contribution is 5.81. The molecule has 1 fully saturated rings. The summed E-state index contributed by atoms with van der Waals surface area (Å²) >= 11 is 0. The average molecular weight is 319 g/mol. The van der Waals surface area contributed by atoms with Crippen molar-refractivity contribution in [2.24, 2.45) is 7.05 Å². The second-order valence-corrected chi connectivity index (χ2v) is 5.73. The van der Waals surface area contributed by atoms with E-state index in [4.69, 9.17) is 0 Å². The van der Waals surface area contributed by atoms with Gasteiger partial charge in [-0.25, -0.2) is 0 Å². The fraction of sp³-hybridized carbons (Fsp3) is 0.769. The lowest BCUT2D eigenvalue weighted by Crippen LogP contribution is -2.45. The van der Waals surface area contributed by atoms with Gasteiger partial charge in [-0.2, -0.15) is 13.2 Å². The number of alkyl halides is 3. The quantitative estimate of drug-likeness (QED) is 0.855. The van der Waals surface area contributed by atoms with Gasteiger partial charge in [0.2, 0.25) is 5.91 Å². The molecule has 1 N–H and O–H groups in total. The van der Waals surface area contributed by atoms with Crippen LogP contribution in [0.4, 0.5) is 13.2 Å². The first-order valence-corrected chi connectivity index (χ1v) is 7.12. The Morgan fingerprint density at radius 2 is 2.09 bits per heavy atom. The van der Waals surface area contributed by atoms with Gasteiger partial charge in [0.15, 0.2) is 0 Å². The van der Waals surface area contributed by atoms with Crippen molar-refractivity contribution in [3.63, 3.8) is 0 Å². The van der Waals surface area contributed by atoms with E-state index >= 15 is 0 Å². The summed E-state index contributed by atoms with van der Waals surface area (Å²) in [5, 5.41) is 10.1. The fourth-order valence-corrected chi connectivity index (χ4v) is 2.11. The van der Waals surface area contributed by atoms with Crippen molar-refractivity contribution in [2.75, 3.05) is 13.6 Å². The van der Waals surface area contributed by atoms with Crippen LogP contribution in [0.15, 0.2) is 0 Å². The second-order valence-electron chi connectivity index (χ2n) is 5.73. The number of amides is 1. The molecule has 0 bridgehead atoms. The Morgan fingerprint density at radius 3 is 2.64 bits per heavy atom. The van der Waals surface area contributed by atoms with Gasteiger partial charge in [0, 0.05) is 13.0 Å². The van der Waals surface area contributed by atoms with Crippen LogP contribution in [-0.4, -0.2) is 51.4 Å². The number of hydrogen-bond donors (Lipinski definition) is 1. The Labute approximate surface area is 126 Å². The zero-order chi connectivity index (χ0) is 16.5. The third kappa shape index (κ3) is 4.19. The van der Waals surface area contributed by atoms with E-state index in [0.29, 0.717) is 18.3 Å². The smallest absolute Gasteiger partial charge is 0.346 e. The van der Waals surface area contributed by atoms with E-state index in [2.05, 4.69) is 10.2 Å². The number of rotatable bonds is 6. The Kier molecular flexibility index (Phi) is 4.74. The lowest BCUT2D eigenvalue weighted by Gasteiger charge is -2.23. The van der Waals surface area contributed by atoms with Crippen LogP contribution < -0.4 is 5.32 Å². The number of aromatic nitrogens is 3. The van der Waals surface area contributed by atoms with E-state index in [1.807, 2.05) is 16.9 Å². The van der Waals surface area contributed by atoms with Crippen LogP contribution in [0, 0.1) is 0 Å². The zero-order valence-electron chi connectivity index (χ0n) is 12.8. The first-order chi connectivity index (χ1) is 10.2. The van der Waals surface area contributed by atoms with E-state index in [0.717, 1.165) is 18.7 Å². The first-order valence-electron chi connectivity index (χ1n) is 7.12. The van der Waals surface area contributed by atoms with Crippen LogP contribution in [0.3, 0.4) is 0 Å². The van der Waals surface area contributed by atoms with Gasteiger partial charge >= 0.3 is 6.18 Å². The van der Waals surface area contributed by atoms with E-state index in [9.17, 15) is 18.0 Å². The van der Waals surface area contributed by atoms with Crippen LogP contribution in [0.5, 0.6) is 0 Å². The van der Waals surface area contributed by atoms with Gasteiger partial charge in [-0.1, -0.05) is 0 Å². The Hall–Kier alpha value is -1.64. The minimum atomic E-state index is -4.41. The molecule has 1 atom stereocenters. The number of likely N-dealkylation sites (N-methyl/N-ethyl adjacent to an activating group) is 1. The van der Waals surface area contributed by atoms with Crippen molar-refractivity contribution >= 4 is 5.91 Å². The van der Waals surface area contributed by atoms with Crippen LogP contribution in [0.25, 0.3) is 0 Å². The van der Waals surface area contributed by atoms with Gasteiger partial charge in [0.05, 0.1) is 12.6 Å². The monoisotopic (exact) mass is 319 g/mol. The maximum absolute atomic E-state index is 12.1. The summed E-state index contributed by atoms with van der Waals surface area (Å²) in [5.74, 6) is 1.42. The largest absolute Gasteiger partial charge is 0.405 e. The zero-order valence-corrected chi connectivity index (χ0v) is 12.8. The molecule has 1 saturated carbocycles. The van der Waals surface area contributed by atoms with Gasteiger partial charge < -0.3 is 9.88 Å². The summed E-state index contributed by atoms with van der Waals surface area (Å²) < 4.78 is 38.2. The molecule has 0 unspecified atom stereocenters. The number of halogens is 3. The Bertz CT molecular complexity index is 538. The summed E-state index contributed by atoms with van der Waals surface area (Å²) in [5.41, 5.74) is 0. The lowest BCUT2D eigenvalue weighted by molar-refractivity contribution is -0.141. The van der Waals surface area contributed by atoms with E-state index in [1.165, 1.54) is 0 Å². The maximum Gasteiger partial charge on any atom is 0.405 e. The van der Waals surface area contributed by atoms with E-state index in [1.54, 1.807) is 18.9 Å². The maximum atomic E-state index is 12.1. The molecule has 1 heterocycles. The third-order valence-corrected chi connectivity index (χ3v) is 3.84. The molecule has 22 heavy (non-hydrogen) atoms. The van der Waals surface area contributed by atoms with Crippen molar-refractivity contribution in [1.29, 1.82) is 0 Å². The van der Waals surface area contributed by atoms with Crippen molar-refractivity contribution in [2.45, 2.75) is 44.4 Å². The molecule has 2 rings (SSSR count). The fourth-order valence-electron chi connectivity index (χ4n) is 2.11. The highest BCUT2D eigenvalue weighted by atomic mass is 19.4. The molecule has 0 spiro atoms. The minimum Gasteiger partial charge on any atom is -0.346 e. The van der Waals surface area contributed by atoms with Crippen LogP contribution in [-0.2, 0) is 18.4 Å². The molecule has 124 valence electrons. The molecule has 6 nitrogen and oxygen atoms in total. The molecule has 0 saturated heterocycles. The molecular weight excluding hydrogens is 299 g/mol. The van der Waals surface area contributed by atoms with E-state index < -0.39 is 24.7 Å². The average Bonchev–Trinajstić information content (AvgIpc) is 3.21. The first kappa shape index (κ1) is 16.7. The molecule has 0 aliphatic heterocycles. The second kappa shape index (κ2) is 6.23. The number of hydrogen-bond acceptors (Lipinski definition) is 4. The summed E-state index contributed by atoms with van der Waals surface area (Å²) in [4.78, 5) is 13.4. The molecule has 1 aliphatic carbocycles. The molecule has 1 aliphatic rings. The van der Waals surface area contributed by atoms with Gasteiger partial charge in [0.1, 0.15) is 18.2 Å². The van der Waals surface area contributed by atoms with Gasteiger partial charge in [-0.15, -0.1) is 10.2 Å². The number of nitrogens with zero attached hydrogens (tertiary/aromatic N) is 4. The van der Waals surface area contributed by atoms with Gasteiger partial charge in [0.25, 0.3) is 0 Å². The van der Waals surface area contributed by atoms with Crippen LogP contribution >= 0.6 is 0 Å². The van der Waals surface area contributed by atoms with Crippen molar-refractivity contribution in [1.82, 2.24) is 25.0 Å². The van der Waals surface area contributed by atoms with Gasteiger partial charge in [-0.05, 0) is 26.8 Å². The third-order valence-electron chi connectivity index (χ3n) is 3.84. The lowest BCUT2D eigenvalue weighted by atomic mass is 10.2. The van der Waals surface area contributed by atoms with Crippen molar-refractivity contribution in [3.8, 4) is 0 Å². The molecular formula is C13H20F3N5O. The SMILES string of the molecule is C[C@H](C(=O)NCC(F)(F)F)N(C)Cc1nnc(C2CC2)n1C. The topological polar surface area (TPSA) is 63.1 Å². The van der Waals surface area contributed by atoms with Crippen LogP contribution in [0.1, 0.15) is 37.3 Å². The molecule has 9 heteroatoms. The molecule has 0 aromatic carbocycles. The molecule has 1 amide bonds. The summed E-state index contributed by atoms with van der Waals surface area (Å²) in [6, 6.07) is -0.691. The molecule has 1 aromatic heterocycles. The van der Waals surface area contributed by atoms with Gasteiger partial charge in [-0.3, -0.25) is 9.69 Å². The number of carbonyl (C=O) groups excluding carboxylic acids is 1. The van der Waals surface area contributed by atoms with E-state index in [-0.39, 0.29) is 0 Å². The Balaban J connectivity index is 1.90. The van der Waals surface area contributed by atoms with Crippen molar-refractivity contribution < 1.29 is 18.0 Å². The minimum absolute atomic E-state index is 0.344. The Morgan fingerprint density at radius 1 is 1.45 bits per heavy atom. The molecule has 1 aromatic rings. The summed E-state index contributed by atoms with van der Waals surface area (Å²) in [6.45, 7) is 0.584. The summed E-state index contributed by atoms with van der Waals surface area (Å²) in [7, 11) is 3.54. The predicted molar refractivity (Wildman–Crippen MR) is 73.0 cm³/mol. The predicted octanol–water partition coefficient (Wildman–Crippen LogP) is 1.19. The number of carbonyl (C=O) groups is 1. The molecule has 0 radical (unpaired) electrons.